The highest BCUT2D eigenvalue weighted by molar-refractivity contribution is 5.77. The summed E-state index contributed by atoms with van der Waals surface area (Å²) in [7, 11) is 3.40. The molecule has 0 aliphatic carbocycles. The number of rotatable bonds is 8. The highest BCUT2D eigenvalue weighted by Crippen LogP contribution is 2.11. The zero-order valence-corrected chi connectivity index (χ0v) is 11.2. The molecule has 1 rings (SSSR count). The molecule has 0 aromatic heterocycles. The second kappa shape index (κ2) is 8.42. The van der Waals surface area contributed by atoms with Gasteiger partial charge in [0.1, 0.15) is 0 Å². The van der Waals surface area contributed by atoms with Gasteiger partial charge in [0.2, 0.25) is 5.91 Å². The number of hydrogen-bond acceptors (Lipinski definition) is 5. The topological polar surface area (TPSA) is 71.0 Å². The zero-order chi connectivity index (χ0) is 13.4. The molecule has 0 spiro atoms. The molecule has 1 amide bonds. The molecule has 106 valence electrons. The Morgan fingerprint density at radius 3 is 3.00 bits per heavy atom. The summed E-state index contributed by atoms with van der Waals surface area (Å²) in [6, 6.07) is 0. The molecule has 18 heavy (non-hydrogen) atoms. The van der Waals surface area contributed by atoms with Crippen molar-refractivity contribution >= 4 is 5.91 Å². The normalized spacial score (nSPS) is 20.9. The summed E-state index contributed by atoms with van der Waals surface area (Å²) in [6.07, 6.45) is 1.71. The fraction of sp³-hybridized carbons (Fsp3) is 0.917. The van der Waals surface area contributed by atoms with Crippen LogP contribution in [0.4, 0.5) is 0 Å². The molecule has 6 nitrogen and oxygen atoms in total. The van der Waals surface area contributed by atoms with Crippen LogP contribution in [-0.4, -0.2) is 75.1 Å². The van der Waals surface area contributed by atoms with Crippen LogP contribution in [0.25, 0.3) is 0 Å². The van der Waals surface area contributed by atoms with Crippen molar-refractivity contribution in [2.24, 2.45) is 0 Å². The Balaban J connectivity index is 1.96. The number of nitrogens with zero attached hydrogens (tertiary/aromatic N) is 1. The van der Waals surface area contributed by atoms with E-state index in [-0.39, 0.29) is 25.2 Å². The van der Waals surface area contributed by atoms with Gasteiger partial charge in [-0.05, 0) is 12.8 Å². The minimum atomic E-state index is -0.596. The lowest BCUT2D eigenvalue weighted by molar-refractivity contribution is -0.127. The Bertz CT molecular complexity index is 242. The van der Waals surface area contributed by atoms with E-state index in [1.165, 1.54) is 4.90 Å². The number of likely N-dealkylation sites (N-methyl/N-ethyl adjacent to an activating group) is 1. The molecule has 1 heterocycles. The average molecular weight is 260 g/mol. The second-order valence-corrected chi connectivity index (χ2v) is 4.75. The van der Waals surface area contributed by atoms with E-state index in [1.807, 2.05) is 0 Å². The molecule has 1 fully saturated rings. The highest BCUT2D eigenvalue weighted by atomic mass is 16.5. The van der Waals surface area contributed by atoms with Gasteiger partial charge < -0.3 is 24.8 Å². The first-order chi connectivity index (χ1) is 8.59. The van der Waals surface area contributed by atoms with Crippen LogP contribution >= 0.6 is 0 Å². The summed E-state index contributed by atoms with van der Waals surface area (Å²) < 4.78 is 10.8. The standard InChI is InChI=1S/C12H24N2O4/c1-14(2)12(16)7-13-6-10(15)8-17-9-11-4-3-5-18-11/h10-11,13,15H,3-9H2,1-2H3. The van der Waals surface area contributed by atoms with E-state index in [2.05, 4.69) is 5.32 Å². The molecule has 0 bridgehead atoms. The van der Waals surface area contributed by atoms with Crippen molar-refractivity contribution in [1.29, 1.82) is 0 Å². The second-order valence-electron chi connectivity index (χ2n) is 4.75. The van der Waals surface area contributed by atoms with Gasteiger partial charge in [0, 0.05) is 27.2 Å². The van der Waals surface area contributed by atoms with Crippen LogP contribution in [-0.2, 0) is 14.3 Å². The third kappa shape index (κ3) is 6.30. The van der Waals surface area contributed by atoms with Crippen molar-refractivity contribution in [3.05, 3.63) is 0 Å². The molecule has 2 unspecified atom stereocenters. The van der Waals surface area contributed by atoms with Gasteiger partial charge in [0.05, 0.1) is 32.0 Å². The maximum absolute atomic E-state index is 11.2. The largest absolute Gasteiger partial charge is 0.389 e. The Labute approximate surface area is 108 Å². The van der Waals surface area contributed by atoms with Gasteiger partial charge in [-0.2, -0.15) is 0 Å². The summed E-state index contributed by atoms with van der Waals surface area (Å²) in [6.45, 7) is 2.20. The number of hydrogen-bond donors (Lipinski definition) is 2. The Hall–Kier alpha value is -0.690. The summed E-state index contributed by atoms with van der Waals surface area (Å²) in [5, 5.41) is 12.5. The lowest BCUT2D eigenvalue weighted by Crippen LogP contribution is -2.38. The maximum atomic E-state index is 11.2. The molecule has 6 heteroatoms. The first kappa shape index (κ1) is 15.4. The van der Waals surface area contributed by atoms with Gasteiger partial charge in [-0.25, -0.2) is 0 Å². The van der Waals surface area contributed by atoms with E-state index < -0.39 is 6.10 Å². The molecular weight excluding hydrogens is 236 g/mol. The molecule has 0 aromatic carbocycles. The zero-order valence-electron chi connectivity index (χ0n) is 11.2. The summed E-state index contributed by atoms with van der Waals surface area (Å²) in [4.78, 5) is 12.8. The number of carbonyl (C=O) groups is 1. The Kier molecular flexibility index (Phi) is 7.19. The third-order valence-electron chi connectivity index (χ3n) is 2.79. The van der Waals surface area contributed by atoms with Gasteiger partial charge in [-0.15, -0.1) is 0 Å². The molecule has 0 aromatic rings. The molecular formula is C12H24N2O4. The lowest BCUT2D eigenvalue weighted by Gasteiger charge is -2.15. The van der Waals surface area contributed by atoms with Crippen molar-refractivity contribution < 1.29 is 19.4 Å². The van der Waals surface area contributed by atoms with Crippen LogP contribution in [0, 0.1) is 0 Å². The molecule has 1 saturated heterocycles. The number of ether oxygens (including phenoxy) is 2. The van der Waals surface area contributed by atoms with E-state index in [1.54, 1.807) is 14.1 Å². The summed E-state index contributed by atoms with van der Waals surface area (Å²) in [5.74, 6) is -0.0116. The van der Waals surface area contributed by atoms with E-state index in [0.717, 1.165) is 19.4 Å². The van der Waals surface area contributed by atoms with Crippen molar-refractivity contribution in [1.82, 2.24) is 10.2 Å². The van der Waals surface area contributed by atoms with Gasteiger partial charge in [-0.3, -0.25) is 4.79 Å². The first-order valence-corrected chi connectivity index (χ1v) is 6.38. The van der Waals surface area contributed by atoms with Crippen molar-refractivity contribution in [3.63, 3.8) is 0 Å². The first-order valence-electron chi connectivity index (χ1n) is 6.38. The number of nitrogens with one attached hydrogen (secondary N) is 1. The number of amides is 1. The Morgan fingerprint density at radius 2 is 2.39 bits per heavy atom. The maximum Gasteiger partial charge on any atom is 0.236 e. The number of aliphatic hydroxyl groups excluding tert-OH is 1. The van der Waals surface area contributed by atoms with E-state index in [0.29, 0.717) is 13.2 Å². The van der Waals surface area contributed by atoms with Crippen LogP contribution < -0.4 is 5.32 Å². The predicted octanol–water partition coefficient (Wildman–Crippen LogP) is -0.779. The highest BCUT2D eigenvalue weighted by Gasteiger charge is 2.16. The van der Waals surface area contributed by atoms with Crippen LogP contribution in [0.2, 0.25) is 0 Å². The van der Waals surface area contributed by atoms with Gasteiger partial charge in [-0.1, -0.05) is 0 Å². The van der Waals surface area contributed by atoms with Crippen LogP contribution in [0.1, 0.15) is 12.8 Å². The molecule has 2 N–H and O–H groups in total. The smallest absolute Gasteiger partial charge is 0.236 e. The van der Waals surface area contributed by atoms with Gasteiger partial charge in [0.25, 0.3) is 0 Å². The van der Waals surface area contributed by atoms with E-state index in [4.69, 9.17) is 9.47 Å². The number of carbonyl (C=O) groups excluding carboxylic acids is 1. The van der Waals surface area contributed by atoms with Crippen molar-refractivity contribution in [3.8, 4) is 0 Å². The average Bonchev–Trinajstić information content (AvgIpc) is 2.81. The molecule has 1 aliphatic rings. The predicted molar refractivity (Wildman–Crippen MR) is 67.4 cm³/mol. The van der Waals surface area contributed by atoms with Crippen LogP contribution in [0.3, 0.4) is 0 Å². The molecule has 1 aliphatic heterocycles. The fourth-order valence-corrected chi connectivity index (χ4v) is 1.67. The SMILES string of the molecule is CN(C)C(=O)CNCC(O)COCC1CCCO1. The summed E-state index contributed by atoms with van der Waals surface area (Å²) in [5.41, 5.74) is 0. The minimum Gasteiger partial charge on any atom is -0.389 e. The van der Waals surface area contributed by atoms with Crippen molar-refractivity contribution in [2.45, 2.75) is 25.0 Å². The molecule has 0 radical (unpaired) electrons. The monoisotopic (exact) mass is 260 g/mol. The quantitative estimate of drug-likeness (QED) is 0.599. The number of aliphatic hydroxyl groups is 1. The van der Waals surface area contributed by atoms with E-state index >= 15 is 0 Å². The minimum absolute atomic E-state index is 0.0116. The molecule has 2 atom stereocenters. The fourth-order valence-electron chi connectivity index (χ4n) is 1.67. The van der Waals surface area contributed by atoms with E-state index in [9.17, 15) is 9.90 Å². The van der Waals surface area contributed by atoms with Crippen LogP contribution in [0.15, 0.2) is 0 Å². The molecule has 0 saturated carbocycles. The Morgan fingerprint density at radius 1 is 1.61 bits per heavy atom. The van der Waals surface area contributed by atoms with Gasteiger partial charge >= 0.3 is 0 Å². The summed E-state index contributed by atoms with van der Waals surface area (Å²) >= 11 is 0. The van der Waals surface area contributed by atoms with Gasteiger partial charge in [0.15, 0.2) is 0 Å². The van der Waals surface area contributed by atoms with Crippen molar-refractivity contribution in [2.75, 3.05) is 47.0 Å². The van der Waals surface area contributed by atoms with Crippen LogP contribution in [0.5, 0.6) is 0 Å². The lowest BCUT2D eigenvalue weighted by atomic mass is 10.2. The third-order valence-corrected chi connectivity index (χ3v) is 2.79.